The Kier molecular flexibility index (Phi) is 4.75. The van der Waals surface area contributed by atoms with E-state index in [1.165, 1.54) is 17.4 Å². The van der Waals surface area contributed by atoms with E-state index in [-0.39, 0.29) is 6.42 Å². The smallest absolute Gasteiger partial charge is 0.410 e. The lowest BCUT2D eigenvalue weighted by Gasteiger charge is -2.23. The average molecular weight is 295 g/mol. The van der Waals surface area contributed by atoms with E-state index in [0.717, 1.165) is 0 Å². The predicted octanol–water partition coefficient (Wildman–Crippen LogP) is 1.000. The highest BCUT2D eigenvalue weighted by Crippen LogP contribution is 2.51. The molecule has 4 N–H and O–H groups in total. The first-order valence-corrected chi connectivity index (χ1v) is 6.72. The average Bonchev–Trinajstić information content (AvgIpc) is 2.27. The van der Waals surface area contributed by atoms with Gasteiger partial charge in [0, 0.05) is 0 Å². The van der Waals surface area contributed by atoms with Crippen LogP contribution in [0.3, 0.4) is 0 Å². The number of hydrogen-bond donors (Lipinski definition) is 4. The van der Waals surface area contributed by atoms with Gasteiger partial charge < -0.3 is 14.9 Å². The minimum atomic E-state index is -5.77. The molecule has 106 valence electrons. The van der Waals surface area contributed by atoms with Crippen LogP contribution in [0.4, 0.5) is 8.78 Å². The van der Waals surface area contributed by atoms with Crippen LogP contribution in [-0.2, 0) is 15.8 Å². The molecule has 0 radical (unpaired) electrons. The maximum atomic E-state index is 13.1. The van der Waals surface area contributed by atoms with E-state index in [0.29, 0.717) is 5.56 Å². The molecule has 19 heavy (non-hydrogen) atoms. The Morgan fingerprint density at radius 2 is 1.84 bits per heavy atom. The number of alkyl halides is 2. The number of rotatable bonds is 6. The van der Waals surface area contributed by atoms with E-state index in [1.54, 1.807) is 18.2 Å². The number of carboxylic acid groups (broad SMARTS) is 1. The van der Waals surface area contributed by atoms with Crippen molar-refractivity contribution in [3.63, 3.8) is 0 Å². The highest BCUT2D eigenvalue weighted by atomic mass is 31.2. The zero-order chi connectivity index (χ0) is 14.7. The Morgan fingerprint density at radius 3 is 2.26 bits per heavy atom. The lowest BCUT2D eigenvalue weighted by atomic mass is 10.1. The summed E-state index contributed by atoms with van der Waals surface area (Å²) in [6.45, 7) is 0. The Hall–Kier alpha value is -1.34. The van der Waals surface area contributed by atoms with Gasteiger partial charge >= 0.3 is 19.4 Å². The van der Waals surface area contributed by atoms with Gasteiger partial charge in [0.2, 0.25) is 0 Å². The fourth-order valence-corrected chi connectivity index (χ4v) is 1.67. The van der Waals surface area contributed by atoms with Gasteiger partial charge in [-0.2, -0.15) is 8.78 Å². The van der Waals surface area contributed by atoms with E-state index in [9.17, 15) is 18.1 Å². The van der Waals surface area contributed by atoms with Crippen LogP contribution < -0.4 is 5.32 Å². The van der Waals surface area contributed by atoms with Crippen LogP contribution in [0, 0.1) is 0 Å². The lowest BCUT2D eigenvalue weighted by Crippen LogP contribution is -2.48. The molecule has 1 rings (SSSR count). The fraction of sp³-hybridized carbons (Fsp3) is 0.300. The zero-order valence-electron chi connectivity index (χ0n) is 9.53. The lowest BCUT2D eigenvalue weighted by molar-refractivity contribution is -0.141. The first-order chi connectivity index (χ1) is 8.63. The molecule has 0 bridgehead atoms. The summed E-state index contributed by atoms with van der Waals surface area (Å²) in [5, 5.41) is 10.0. The predicted molar refractivity (Wildman–Crippen MR) is 61.7 cm³/mol. The van der Waals surface area contributed by atoms with Crippen molar-refractivity contribution in [1.29, 1.82) is 0 Å². The molecular weight excluding hydrogens is 283 g/mol. The number of carboxylic acids is 1. The number of aliphatic carboxylic acids is 1. The number of carbonyl (C=O) groups is 1. The largest absolute Gasteiger partial charge is 0.480 e. The van der Waals surface area contributed by atoms with Crippen molar-refractivity contribution in [1.82, 2.24) is 5.32 Å². The molecule has 1 aromatic rings. The van der Waals surface area contributed by atoms with Crippen LogP contribution in [0.1, 0.15) is 5.56 Å². The Balaban J connectivity index is 2.86. The van der Waals surface area contributed by atoms with Gasteiger partial charge in [0.1, 0.15) is 6.04 Å². The van der Waals surface area contributed by atoms with Crippen LogP contribution in [0.15, 0.2) is 30.3 Å². The van der Waals surface area contributed by atoms with E-state index in [1.807, 2.05) is 0 Å². The molecule has 0 aromatic heterocycles. The van der Waals surface area contributed by atoms with Crippen molar-refractivity contribution in [3.8, 4) is 0 Å². The third-order valence-electron chi connectivity index (χ3n) is 2.29. The maximum Gasteiger partial charge on any atom is 0.410 e. The molecule has 0 spiro atoms. The second-order valence-electron chi connectivity index (χ2n) is 3.81. The molecule has 0 fully saturated rings. The summed E-state index contributed by atoms with van der Waals surface area (Å²) < 4.78 is 36.8. The fourth-order valence-electron chi connectivity index (χ4n) is 1.34. The van der Waals surface area contributed by atoms with Crippen molar-refractivity contribution in [2.75, 3.05) is 0 Å². The minimum absolute atomic E-state index is 0.328. The molecular formula is C10H12F2NO5P. The molecule has 0 aliphatic heterocycles. The van der Waals surface area contributed by atoms with E-state index < -0.39 is 25.4 Å². The molecule has 0 aliphatic carbocycles. The van der Waals surface area contributed by atoms with Gasteiger partial charge in [0.05, 0.1) is 0 Å². The summed E-state index contributed by atoms with van der Waals surface area (Å²) in [6, 6.07) is 6.08. The zero-order valence-corrected chi connectivity index (χ0v) is 10.4. The van der Waals surface area contributed by atoms with Gasteiger partial charge in [-0.15, -0.1) is 0 Å². The molecule has 0 amide bonds. The van der Waals surface area contributed by atoms with Crippen LogP contribution in [0.2, 0.25) is 0 Å². The third kappa shape index (κ3) is 4.36. The molecule has 0 unspecified atom stereocenters. The van der Waals surface area contributed by atoms with Gasteiger partial charge in [-0.05, 0) is 12.0 Å². The number of benzene rings is 1. The highest BCUT2D eigenvalue weighted by molar-refractivity contribution is 7.53. The summed E-state index contributed by atoms with van der Waals surface area (Å²) in [7, 11) is -5.77. The Bertz CT molecular complexity index is 490. The molecule has 0 heterocycles. The topological polar surface area (TPSA) is 107 Å². The highest BCUT2D eigenvalue weighted by Gasteiger charge is 2.51. The quantitative estimate of drug-likeness (QED) is 0.461. The standard InChI is InChI=1S/C10H12F2NO5P/c11-10(12,19(16,17)18)13-8(9(14)15)6-7-4-2-1-3-5-7/h1-5,8,13H,6H2,(H,14,15)(H2,16,17,18)/t8-/m0/s1. The van der Waals surface area contributed by atoms with Crippen molar-refractivity contribution < 1.29 is 33.0 Å². The second kappa shape index (κ2) is 5.75. The molecule has 0 aliphatic rings. The summed E-state index contributed by atoms with van der Waals surface area (Å²) in [4.78, 5) is 27.8. The first kappa shape index (κ1) is 15.7. The summed E-state index contributed by atoms with van der Waals surface area (Å²) in [5.74, 6) is -6.22. The van der Waals surface area contributed by atoms with Gasteiger partial charge in [0.25, 0.3) is 0 Å². The summed E-state index contributed by atoms with van der Waals surface area (Å²) in [6.07, 6.45) is -0.328. The molecule has 1 aromatic carbocycles. The summed E-state index contributed by atoms with van der Waals surface area (Å²) >= 11 is 0. The number of hydrogen-bond acceptors (Lipinski definition) is 3. The van der Waals surface area contributed by atoms with Crippen molar-refractivity contribution >= 4 is 13.6 Å². The monoisotopic (exact) mass is 295 g/mol. The third-order valence-corrected chi connectivity index (χ3v) is 3.16. The molecule has 6 nitrogen and oxygen atoms in total. The normalized spacial score (nSPS) is 14.1. The molecule has 9 heteroatoms. The van der Waals surface area contributed by atoms with Crippen LogP contribution in [0.5, 0.6) is 0 Å². The van der Waals surface area contributed by atoms with Gasteiger partial charge in [-0.25, -0.2) is 5.32 Å². The molecule has 0 saturated carbocycles. The van der Waals surface area contributed by atoms with Crippen molar-refractivity contribution in [2.24, 2.45) is 0 Å². The van der Waals surface area contributed by atoms with E-state index in [4.69, 9.17) is 14.9 Å². The number of nitrogens with one attached hydrogen (secondary N) is 1. The second-order valence-corrected chi connectivity index (χ2v) is 5.46. The summed E-state index contributed by atoms with van der Waals surface area (Å²) in [5.41, 5.74) is 0.448. The molecule has 0 saturated heterocycles. The van der Waals surface area contributed by atoms with Crippen molar-refractivity contribution in [2.45, 2.75) is 18.3 Å². The van der Waals surface area contributed by atoms with Gasteiger partial charge in [-0.1, -0.05) is 30.3 Å². The first-order valence-electron chi connectivity index (χ1n) is 5.11. The molecule has 1 atom stereocenters. The van der Waals surface area contributed by atoms with Gasteiger partial charge in [0.15, 0.2) is 0 Å². The minimum Gasteiger partial charge on any atom is -0.480 e. The Morgan fingerprint density at radius 1 is 1.32 bits per heavy atom. The number of halogens is 2. The Labute approximate surface area is 107 Å². The van der Waals surface area contributed by atoms with Crippen LogP contribution in [0.25, 0.3) is 0 Å². The van der Waals surface area contributed by atoms with Crippen LogP contribution >= 0.6 is 7.60 Å². The van der Waals surface area contributed by atoms with Gasteiger partial charge in [-0.3, -0.25) is 9.36 Å². The van der Waals surface area contributed by atoms with Crippen molar-refractivity contribution in [3.05, 3.63) is 35.9 Å². The van der Waals surface area contributed by atoms with E-state index >= 15 is 0 Å². The SMILES string of the molecule is O=C(O)[C@H](Cc1ccccc1)NC(F)(F)P(=O)(O)O. The van der Waals surface area contributed by atoms with Crippen LogP contribution in [-0.4, -0.2) is 32.7 Å². The maximum absolute atomic E-state index is 13.1. The van der Waals surface area contributed by atoms with E-state index in [2.05, 4.69) is 0 Å².